The average Bonchev–Trinajstić information content (AvgIpc) is 3.37. The third-order valence-electron chi connectivity index (χ3n) is 7.40. The Morgan fingerprint density at radius 1 is 0.892 bits per heavy atom. The van der Waals surface area contributed by atoms with Crippen LogP contribution in [0, 0.1) is 5.92 Å². The zero-order valence-corrected chi connectivity index (χ0v) is 22.4. The quantitative estimate of drug-likeness (QED) is 0.307. The van der Waals surface area contributed by atoms with Gasteiger partial charge in [0.25, 0.3) is 5.91 Å². The third kappa shape index (κ3) is 7.58. The zero-order valence-electron chi connectivity index (χ0n) is 22.4. The second kappa shape index (κ2) is 13.3. The summed E-state index contributed by atoms with van der Waals surface area (Å²) in [6, 6.07) is 24.2. The van der Waals surface area contributed by atoms with Crippen LogP contribution in [-0.4, -0.2) is 45.3 Å². The van der Waals surface area contributed by atoms with Gasteiger partial charge in [0.2, 0.25) is 5.91 Å². The second-order valence-electron chi connectivity index (χ2n) is 10.7. The predicted molar refractivity (Wildman–Crippen MR) is 149 cm³/mol. The lowest BCUT2D eigenvalue weighted by molar-refractivity contribution is -0.135. The summed E-state index contributed by atoms with van der Waals surface area (Å²) in [4.78, 5) is 31.2. The number of hydrogen-bond acceptors (Lipinski definition) is 2. The highest BCUT2D eigenvalue weighted by Crippen LogP contribution is 2.25. The Morgan fingerprint density at radius 2 is 1.57 bits per heavy atom. The third-order valence-corrected chi connectivity index (χ3v) is 7.40. The Bertz CT molecular complexity index is 1120. The van der Waals surface area contributed by atoms with Crippen LogP contribution in [0.1, 0.15) is 74.0 Å². The first-order valence-electron chi connectivity index (χ1n) is 13.8. The molecule has 0 aliphatic heterocycles. The number of rotatable bonds is 11. The van der Waals surface area contributed by atoms with Crippen molar-refractivity contribution in [3.8, 4) is 0 Å². The molecule has 0 spiro atoms. The molecule has 0 bridgehead atoms. The molecule has 3 aromatic rings. The van der Waals surface area contributed by atoms with E-state index in [4.69, 9.17) is 0 Å². The van der Waals surface area contributed by atoms with Crippen molar-refractivity contribution in [2.45, 2.75) is 71.5 Å². The molecule has 1 heterocycles. The molecule has 1 fully saturated rings. The molecule has 0 saturated heterocycles. The van der Waals surface area contributed by atoms with E-state index in [0.29, 0.717) is 24.6 Å². The van der Waals surface area contributed by atoms with E-state index >= 15 is 0 Å². The van der Waals surface area contributed by atoms with E-state index in [1.165, 1.54) is 12.0 Å². The fourth-order valence-electron chi connectivity index (χ4n) is 5.20. The number of carbonyl (C=O) groups excluding carboxylic acids is 2. The van der Waals surface area contributed by atoms with Crippen molar-refractivity contribution >= 4 is 11.8 Å². The Balaban J connectivity index is 1.54. The molecule has 1 aliphatic rings. The molecule has 37 heavy (non-hydrogen) atoms. The molecule has 0 unspecified atom stereocenters. The van der Waals surface area contributed by atoms with Crippen LogP contribution >= 0.6 is 0 Å². The average molecular weight is 500 g/mol. The van der Waals surface area contributed by atoms with Crippen LogP contribution in [0.2, 0.25) is 0 Å². The maximum absolute atomic E-state index is 14.0. The summed E-state index contributed by atoms with van der Waals surface area (Å²) in [5.74, 6) is 0.440. The van der Waals surface area contributed by atoms with E-state index in [2.05, 4.69) is 65.9 Å². The molecule has 1 aliphatic carbocycles. The maximum Gasteiger partial charge on any atom is 0.254 e. The minimum absolute atomic E-state index is 0.0485. The largest absolute Gasteiger partial charge is 0.345 e. The van der Waals surface area contributed by atoms with Gasteiger partial charge >= 0.3 is 0 Å². The number of aromatic nitrogens is 1. The Labute approximate surface area is 222 Å². The minimum Gasteiger partial charge on any atom is -0.345 e. The fraction of sp³-hybridized carbons (Fsp3) is 0.438. The number of amides is 2. The van der Waals surface area contributed by atoms with Gasteiger partial charge in [-0.05, 0) is 55.0 Å². The van der Waals surface area contributed by atoms with Gasteiger partial charge < -0.3 is 14.4 Å². The molecule has 1 aromatic heterocycles. The van der Waals surface area contributed by atoms with Crippen molar-refractivity contribution in [2.75, 3.05) is 13.1 Å². The molecule has 4 rings (SSSR count). The number of hydrogen-bond donors (Lipinski definition) is 0. The Hall–Kier alpha value is -3.34. The van der Waals surface area contributed by atoms with Crippen molar-refractivity contribution < 1.29 is 9.59 Å². The van der Waals surface area contributed by atoms with Crippen molar-refractivity contribution in [1.29, 1.82) is 0 Å². The van der Waals surface area contributed by atoms with E-state index in [1.54, 1.807) is 4.90 Å². The van der Waals surface area contributed by atoms with Gasteiger partial charge in [-0.2, -0.15) is 0 Å². The Morgan fingerprint density at radius 3 is 2.24 bits per heavy atom. The molecule has 0 atom stereocenters. The van der Waals surface area contributed by atoms with Crippen LogP contribution in [-0.2, 0) is 17.9 Å². The Kier molecular flexibility index (Phi) is 9.58. The van der Waals surface area contributed by atoms with Gasteiger partial charge in [0.1, 0.15) is 6.54 Å². The number of carbonyl (C=O) groups is 2. The van der Waals surface area contributed by atoms with Crippen molar-refractivity contribution in [3.05, 3.63) is 95.8 Å². The summed E-state index contributed by atoms with van der Waals surface area (Å²) in [5, 5.41) is 0. The lowest BCUT2D eigenvalue weighted by Crippen LogP contribution is -2.48. The monoisotopic (exact) mass is 499 g/mol. The first-order valence-corrected chi connectivity index (χ1v) is 13.8. The van der Waals surface area contributed by atoms with Crippen LogP contribution in [0.5, 0.6) is 0 Å². The summed E-state index contributed by atoms with van der Waals surface area (Å²) in [5.41, 5.74) is 3.01. The number of nitrogens with zero attached hydrogens (tertiary/aromatic N) is 3. The SMILES string of the molecule is CC(C)CCN(CC(=O)N(Cc1cccn1Cc1ccccc1)C1CCCCC1)C(=O)c1ccccc1. The van der Waals surface area contributed by atoms with E-state index in [1.807, 2.05) is 36.4 Å². The van der Waals surface area contributed by atoms with E-state index in [9.17, 15) is 9.59 Å². The van der Waals surface area contributed by atoms with Gasteiger partial charge in [-0.25, -0.2) is 0 Å². The lowest BCUT2D eigenvalue weighted by Gasteiger charge is -2.36. The number of benzene rings is 2. The first kappa shape index (κ1) is 26.7. The lowest BCUT2D eigenvalue weighted by atomic mass is 9.94. The molecular weight excluding hydrogens is 458 g/mol. The zero-order chi connectivity index (χ0) is 26.0. The van der Waals surface area contributed by atoms with Crippen LogP contribution in [0.3, 0.4) is 0 Å². The summed E-state index contributed by atoms with van der Waals surface area (Å²) < 4.78 is 2.24. The van der Waals surface area contributed by atoms with Crippen molar-refractivity contribution in [3.63, 3.8) is 0 Å². The molecule has 0 radical (unpaired) electrons. The predicted octanol–water partition coefficient (Wildman–Crippen LogP) is 6.39. The summed E-state index contributed by atoms with van der Waals surface area (Å²) in [7, 11) is 0. The smallest absolute Gasteiger partial charge is 0.254 e. The normalized spacial score (nSPS) is 14.0. The van der Waals surface area contributed by atoms with Gasteiger partial charge in [0, 0.05) is 36.6 Å². The van der Waals surface area contributed by atoms with Crippen molar-refractivity contribution in [1.82, 2.24) is 14.4 Å². The summed E-state index contributed by atoms with van der Waals surface area (Å²) in [6.45, 7) is 6.37. The molecule has 5 heteroatoms. The first-order chi connectivity index (χ1) is 18.0. The van der Waals surface area contributed by atoms with E-state index in [0.717, 1.165) is 44.3 Å². The summed E-state index contributed by atoms with van der Waals surface area (Å²) >= 11 is 0. The van der Waals surface area contributed by atoms with Crippen LogP contribution in [0.4, 0.5) is 0 Å². The molecular formula is C32H41N3O2. The second-order valence-corrected chi connectivity index (χ2v) is 10.7. The highest BCUT2D eigenvalue weighted by atomic mass is 16.2. The van der Waals surface area contributed by atoms with Crippen LogP contribution in [0.15, 0.2) is 79.0 Å². The van der Waals surface area contributed by atoms with Crippen LogP contribution in [0.25, 0.3) is 0 Å². The molecule has 1 saturated carbocycles. The van der Waals surface area contributed by atoms with E-state index < -0.39 is 0 Å². The van der Waals surface area contributed by atoms with Gasteiger partial charge in [-0.1, -0.05) is 81.6 Å². The highest BCUT2D eigenvalue weighted by molar-refractivity contribution is 5.96. The van der Waals surface area contributed by atoms with Gasteiger partial charge in [0.05, 0.1) is 6.54 Å². The van der Waals surface area contributed by atoms with Crippen LogP contribution < -0.4 is 0 Å². The molecule has 2 amide bonds. The topological polar surface area (TPSA) is 45.6 Å². The molecule has 0 N–H and O–H groups in total. The fourth-order valence-corrected chi connectivity index (χ4v) is 5.20. The summed E-state index contributed by atoms with van der Waals surface area (Å²) in [6.07, 6.45) is 8.57. The van der Waals surface area contributed by atoms with Crippen molar-refractivity contribution in [2.24, 2.45) is 5.92 Å². The van der Waals surface area contributed by atoms with E-state index in [-0.39, 0.29) is 24.4 Å². The molecule has 5 nitrogen and oxygen atoms in total. The highest BCUT2D eigenvalue weighted by Gasteiger charge is 2.29. The molecule has 2 aromatic carbocycles. The van der Waals surface area contributed by atoms with Gasteiger partial charge in [-0.15, -0.1) is 0 Å². The minimum atomic E-state index is -0.0642. The van der Waals surface area contributed by atoms with Gasteiger partial charge in [-0.3, -0.25) is 9.59 Å². The maximum atomic E-state index is 14.0. The molecule has 196 valence electrons. The standard InChI is InChI=1S/C32H41N3O2/c1-26(2)20-22-34(32(37)28-15-8-4-9-16-28)25-31(36)35(29-17-10-5-11-18-29)24-30-19-12-21-33(30)23-27-13-6-3-7-14-27/h3-4,6-9,12-16,19,21,26,29H,5,10-11,17-18,20,22-25H2,1-2H3. The van der Waals surface area contributed by atoms with Gasteiger partial charge in [0.15, 0.2) is 0 Å².